The lowest BCUT2D eigenvalue weighted by Crippen LogP contribution is -2.39. The molecule has 0 saturated carbocycles. The molecule has 0 fully saturated rings. The maximum atomic E-state index is 11.8. The van der Waals surface area contributed by atoms with Crippen molar-refractivity contribution in [3.05, 3.63) is 18.2 Å². The number of nitrogens with zero attached hydrogens (tertiary/aromatic N) is 1. The van der Waals surface area contributed by atoms with E-state index in [2.05, 4.69) is 0 Å². The lowest BCUT2D eigenvalue weighted by atomic mass is 10.2. The third-order valence-corrected chi connectivity index (χ3v) is 2.91. The molecule has 0 aromatic heterocycles. The van der Waals surface area contributed by atoms with Gasteiger partial charge in [-0.2, -0.15) is 0 Å². The van der Waals surface area contributed by atoms with Crippen molar-refractivity contribution >= 4 is 17.3 Å². The van der Waals surface area contributed by atoms with Crippen LogP contribution in [-0.2, 0) is 9.53 Å². The zero-order chi connectivity index (χ0) is 13.0. The molecular formula is C13H18N2O3. The van der Waals surface area contributed by atoms with Crippen LogP contribution in [0.15, 0.2) is 18.2 Å². The Labute approximate surface area is 106 Å². The molecule has 1 amide bonds. The first-order chi connectivity index (χ1) is 8.72. The van der Waals surface area contributed by atoms with Crippen LogP contribution in [0.25, 0.3) is 0 Å². The average Bonchev–Trinajstić information content (AvgIpc) is 2.37. The SMILES string of the molecule is COCCCCN1C(=O)COc2cc(N)ccc21. The lowest BCUT2D eigenvalue weighted by Gasteiger charge is -2.29. The number of carbonyl (C=O) groups excluding carboxylic acids is 1. The van der Waals surface area contributed by atoms with Crippen LogP contribution in [0.4, 0.5) is 11.4 Å². The molecule has 0 aliphatic carbocycles. The molecule has 2 N–H and O–H groups in total. The van der Waals surface area contributed by atoms with Crippen LogP contribution in [0.5, 0.6) is 5.75 Å². The third kappa shape index (κ3) is 2.73. The highest BCUT2D eigenvalue weighted by Gasteiger charge is 2.24. The summed E-state index contributed by atoms with van der Waals surface area (Å²) in [5.74, 6) is 0.672. The molecule has 0 bridgehead atoms. The Morgan fingerprint density at radius 1 is 1.44 bits per heavy atom. The van der Waals surface area contributed by atoms with E-state index in [1.807, 2.05) is 6.07 Å². The van der Waals surface area contributed by atoms with Gasteiger partial charge in [0.1, 0.15) is 5.75 Å². The Balaban J connectivity index is 2.08. The summed E-state index contributed by atoms with van der Waals surface area (Å²) in [4.78, 5) is 13.6. The number of anilines is 2. The van der Waals surface area contributed by atoms with Crippen molar-refractivity contribution in [2.75, 3.05) is 37.5 Å². The second-order valence-corrected chi connectivity index (χ2v) is 4.26. The molecule has 98 valence electrons. The van der Waals surface area contributed by atoms with E-state index in [1.165, 1.54) is 0 Å². The van der Waals surface area contributed by atoms with Crippen LogP contribution >= 0.6 is 0 Å². The van der Waals surface area contributed by atoms with Crippen LogP contribution in [0, 0.1) is 0 Å². The zero-order valence-electron chi connectivity index (χ0n) is 10.5. The summed E-state index contributed by atoms with van der Waals surface area (Å²) >= 11 is 0. The Bertz CT molecular complexity index is 434. The number of carbonyl (C=O) groups is 1. The first-order valence-electron chi connectivity index (χ1n) is 6.04. The molecule has 1 heterocycles. The largest absolute Gasteiger partial charge is 0.481 e. The van der Waals surface area contributed by atoms with E-state index in [1.54, 1.807) is 24.1 Å². The fraction of sp³-hybridized carbons (Fsp3) is 0.462. The summed E-state index contributed by atoms with van der Waals surface area (Å²) in [6.07, 6.45) is 1.84. The molecule has 0 saturated heterocycles. The molecule has 18 heavy (non-hydrogen) atoms. The van der Waals surface area contributed by atoms with Crippen LogP contribution in [0.3, 0.4) is 0 Å². The monoisotopic (exact) mass is 250 g/mol. The van der Waals surface area contributed by atoms with Gasteiger partial charge in [0.25, 0.3) is 5.91 Å². The highest BCUT2D eigenvalue weighted by atomic mass is 16.5. The predicted molar refractivity (Wildman–Crippen MR) is 69.8 cm³/mol. The van der Waals surface area contributed by atoms with Gasteiger partial charge in [-0.05, 0) is 25.0 Å². The molecule has 0 atom stereocenters. The van der Waals surface area contributed by atoms with Gasteiger partial charge in [-0.1, -0.05) is 0 Å². The van der Waals surface area contributed by atoms with Crippen LogP contribution in [-0.4, -0.2) is 32.8 Å². The van der Waals surface area contributed by atoms with Gasteiger partial charge < -0.3 is 20.1 Å². The minimum atomic E-state index is -0.00955. The normalized spacial score (nSPS) is 14.3. The van der Waals surface area contributed by atoms with E-state index in [9.17, 15) is 4.79 Å². The van der Waals surface area contributed by atoms with Gasteiger partial charge in [0, 0.05) is 32.0 Å². The molecule has 1 aromatic rings. The van der Waals surface area contributed by atoms with Crippen LogP contribution in [0.2, 0.25) is 0 Å². The number of rotatable bonds is 5. The smallest absolute Gasteiger partial charge is 0.265 e. The Hall–Kier alpha value is -1.75. The summed E-state index contributed by atoms with van der Waals surface area (Å²) < 4.78 is 10.4. The molecule has 1 aromatic carbocycles. The van der Waals surface area contributed by atoms with E-state index in [0.717, 1.165) is 18.5 Å². The first-order valence-corrected chi connectivity index (χ1v) is 6.04. The van der Waals surface area contributed by atoms with Crippen LogP contribution in [0.1, 0.15) is 12.8 Å². The van der Waals surface area contributed by atoms with E-state index >= 15 is 0 Å². The number of hydrogen-bond acceptors (Lipinski definition) is 4. The maximum Gasteiger partial charge on any atom is 0.265 e. The predicted octanol–water partition coefficient (Wildman–Crippen LogP) is 1.42. The lowest BCUT2D eigenvalue weighted by molar-refractivity contribution is -0.121. The summed E-state index contributed by atoms with van der Waals surface area (Å²) in [5.41, 5.74) is 7.15. The van der Waals surface area contributed by atoms with Gasteiger partial charge >= 0.3 is 0 Å². The third-order valence-electron chi connectivity index (χ3n) is 2.91. The van der Waals surface area contributed by atoms with E-state index in [0.29, 0.717) is 24.6 Å². The highest BCUT2D eigenvalue weighted by molar-refractivity contribution is 5.98. The molecule has 1 aliphatic rings. The number of hydrogen-bond donors (Lipinski definition) is 1. The van der Waals surface area contributed by atoms with Crippen molar-refractivity contribution < 1.29 is 14.3 Å². The molecule has 5 heteroatoms. The Morgan fingerprint density at radius 2 is 2.28 bits per heavy atom. The highest BCUT2D eigenvalue weighted by Crippen LogP contribution is 2.33. The van der Waals surface area contributed by atoms with E-state index < -0.39 is 0 Å². The Kier molecular flexibility index (Phi) is 4.04. The number of fused-ring (bicyclic) bond motifs is 1. The summed E-state index contributed by atoms with van der Waals surface area (Å²) in [6.45, 7) is 1.48. The number of amides is 1. The number of benzene rings is 1. The average molecular weight is 250 g/mol. The van der Waals surface area contributed by atoms with Crippen molar-refractivity contribution in [3.8, 4) is 5.75 Å². The molecule has 2 rings (SSSR count). The van der Waals surface area contributed by atoms with Gasteiger partial charge in [-0.3, -0.25) is 4.79 Å². The summed E-state index contributed by atoms with van der Waals surface area (Å²) in [6, 6.07) is 5.37. The first kappa shape index (κ1) is 12.7. The molecule has 0 spiro atoms. The number of unbranched alkanes of at least 4 members (excludes halogenated alkanes) is 1. The van der Waals surface area contributed by atoms with Crippen molar-refractivity contribution in [3.63, 3.8) is 0 Å². The van der Waals surface area contributed by atoms with Gasteiger partial charge in [-0.15, -0.1) is 0 Å². The topological polar surface area (TPSA) is 64.8 Å². The number of methoxy groups -OCH3 is 1. The second kappa shape index (κ2) is 5.73. The van der Waals surface area contributed by atoms with Crippen molar-refractivity contribution in [2.24, 2.45) is 0 Å². The van der Waals surface area contributed by atoms with Crippen molar-refractivity contribution in [2.45, 2.75) is 12.8 Å². The van der Waals surface area contributed by atoms with Crippen molar-refractivity contribution in [1.82, 2.24) is 0 Å². The molecule has 5 nitrogen and oxygen atoms in total. The maximum absolute atomic E-state index is 11.8. The molecule has 0 radical (unpaired) electrons. The van der Waals surface area contributed by atoms with Crippen LogP contribution < -0.4 is 15.4 Å². The minimum Gasteiger partial charge on any atom is -0.481 e. The molecule has 0 unspecified atom stereocenters. The van der Waals surface area contributed by atoms with Gasteiger partial charge in [0.15, 0.2) is 6.61 Å². The number of nitrogens with two attached hydrogens (primary N) is 1. The van der Waals surface area contributed by atoms with Gasteiger partial charge in [0.05, 0.1) is 5.69 Å². The van der Waals surface area contributed by atoms with E-state index in [4.69, 9.17) is 15.2 Å². The van der Waals surface area contributed by atoms with Crippen molar-refractivity contribution in [1.29, 1.82) is 0 Å². The molecular weight excluding hydrogens is 232 g/mol. The fourth-order valence-corrected chi connectivity index (χ4v) is 1.98. The second-order valence-electron chi connectivity index (χ2n) is 4.26. The van der Waals surface area contributed by atoms with Gasteiger partial charge in [-0.25, -0.2) is 0 Å². The number of nitrogen functional groups attached to an aromatic ring is 1. The zero-order valence-corrected chi connectivity index (χ0v) is 10.5. The van der Waals surface area contributed by atoms with Gasteiger partial charge in [0.2, 0.25) is 0 Å². The number of ether oxygens (including phenoxy) is 2. The Morgan fingerprint density at radius 3 is 3.06 bits per heavy atom. The minimum absolute atomic E-state index is 0.00955. The molecule has 1 aliphatic heterocycles. The quantitative estimate of drug-likeness (QED) is 0.634. The van der Waals surface area contributed by atoms with E-state index in [-0.39, 0.29) is 12.5 Å². The summed E-state index contributed by atoms with van der Waals surface area (Å²) in [5, 5.41) is 0. The fourth-order valence-electron chi connectivity index (χ4n) is 1.98. The standard InChI is InChI=1S/C13H18N2O3/c1-17-7-3-2-6-15-11-5-4-10(14)8-12(11)18-9-13(15)16/h4-5,8H,2-3,6-7,9,14H2,1H3. The summed E-state index contributed by atoms with van der Waals surface area (Å²) in [7, 11) is 1.68.